The zero-order valence-corrected chi connectivity index (χ0v) is 12.6. The number of hydrogen-bond acceptors (Lipinski definition) is 5. The molecule has 0 saturated heterocycles. The van der Waals surface area contributed by atoms with Crippen LogP contribution >= 0.6 is 11.6 Å². The highest BCUT2D eigenvalue weighted by Crippen LogP contribution is 2.24. The molecule has 0 fully saturated rings. The lowest BCUT2D eigenvalue weighted by molar-refractivity contribution is 0.372. The first-order chi connectivity index (χ1) is 9.62. The number of ether oxygens (including phenoxy) is 1. The van der Waals surface area contributed by atoms with Gasteiger partial charge in [-0.3, -0.25) is 0 Å². The van der Waals surface area contributed by atoms with Gasteiger partial charge in [-0.15, -0.1) is 0 Å². The number of benzene rings is 1. The predicted octanol–water partition coefficient (Wildman–Crippen LogP) is 2.47. The molecule has 0 aliphatic heterocycles. The summed E-state index contributed by atoms with van der Waals surface area (Å²) in [4.78, 5) is 4.38. The lowest BCUT2D eigenvalue weighted by atomic mass is 10.1. The van der Waals surface area contributed by atoms with Gasteiger partial charge in [-0.25, -0.2) is 0 Å². The fourth-order valence-corrected chi connectivity index (χ4v) is 2.06. The molecule has 0 saturated carbocycles. The summed E-state index contributed by atoms with van der Waals surface area (Å²) < 4.78 is 10.6. The predicted molar refractivity (Wildman–Crippen MR) is 77.3 cm³/mol. The van der Waals surface area contributed by atoms with E-state index in [1.165, 1.54) is 0 Å². The van der Waals surface area contributed by atoms with Gasteiger partial charge in [-0.2, -0.15) is 4.98 Å². The largest absolute Gasteiger partial charge is 0.496 e. The van der Waals surface area contributed by atoms with Crippen molar-refractivity contribution in [1.29, 1.82) is 0 Å². The summed E-state index contributed by atoms with van der Waals surface area (Å²) >= 11 is 6.00. The highest BCUT2D eigenvalue weighted by Gasteiger charge is 2.12. The Hall–Kier alpha value is -1.59. The average molecular weight is 296 g/mol. The van der Waals surface area contributed by atoms with Crippen LogP contribution in [0.15, 0.2) is 22.7 Å². The van der Waals surface area contributed by atoms with Crippen LogP contribution in [0.4, 0.5) is 0 Å². The van der Waals surface area contributed by atoms with Crippen LogP contribution in [0.5, 0.6) is 5.75 Å². The van der Waals surface area contributed by atoms with Crippen LogP contribution in [-0.2, 0) is 12.8 Å². The summed E-state index contributed by atoms with van der Waals surface area (Å²) in [5.74, 6) is 2.02. The van der Waals surface area contributed by atoms with E-state index in [4.69, 9.17) is 20.9 Å². The van der Waals surface area contributed by atoms with Crippen molar-refractivity contribution in [3.63, 3.8) is 0 Å². The molecule has 1 aromatic carbocycles. The van der Waals surface area contributed by atoms with E-state index in [1.807, 2.05) is 19.2 Å². The van der Waals surface area contributed by atoms with Gasteiger partial charge >= 0.3 is 0 Å². The van der Waals surface area contributed by atoms with Crippen molar-refractivity contribution in [1.82, 2.24) is 15.5 Å². The van der Waals surface area contributed by atoms with Crippen LogP contribution in [-0.4, -0.2) is 30.3 Å². The highest BCUT2D eigenvalue weighted by atomic mass is 35.5. The van der Waals surface area contributed by atoms with Crippen molar-refractivity contribution in [3.8, 4) is 5.75 Å². The number of hydrogen-bond donors (Lipinski definition) is 1. The van der Waals surface area contributed by atoms with Gasteiger partial charge < -0.3 is 14.6 Å². The van der Waals surface area contributed by atoms with Crippen LogP contribution in [0.1, 0.15) is 24.2 Å². The molecule has 1 atom stereocenters. The van der Waals surface area contributed by atoms with Crippen LogP contribution < -0.4 is 10.1 Å². The Morgan fingerprint density at radius 2 is 2.25 bits per heavy atom. The van der Waals surface area contributed by atoms with Crippen molar-refractivity contribution in [2.45, 2.75) is 25.8 Å². The van der Waals surface area contributed by atoms with Gasteiger partial charge in [0.15, 0.2) is 5.82 Å². The molecule has 0 aliphatic carbocycles. The van der Waals surface area contributed by atoms with Gasteiger partial charge in [-0.1, -0.05) is 16.8 Å². The van der Waals surface area contributed by atoms with Crippen molar-refractivity contribution < 1.29 is 9.26 Å². The van der Waals surface area contributed by atoms with Gasteiger partial charge in [-0.05, 0) is 32.2 Å². The molecule has 0 spiro atoms. The van der Waals surface area contributed by atoms with Gasteiger partial charge in [0.05, 0.1) is 13.5 Å². The van der Waals surface area contributed by atoms with Gasteiger partial charge in [0.25, 0.3) is 0 Å². The minimum atomic E-state index is 0.307. The second kappa shape index (κ2) is 6.72. The van der Waals surface area contributed by atoms with E-state index in [-0.39, 0.29) is 0 Å². The molecule has 0 radical (unpaired) electrons. The van der Waals surface area contributed by atoms with E-state index in [1.54, 1.807) is 13.2 Å². The minimum absolute atomic E-state index is 0.307. The van der Waals surface area contributed by atoms with E-state index in [0.717, 1.165) is 17.7 Å². The maximum Gasteiger partial charge on any atom is 0.231 e. The fourth-order valence-electron chi connectivity index (χ4n) is 1.87. The second-order valence-corrected chi connectivity index (χ2v) is 5.07. The smallest absolute Gasteiger partial charge is 0.231 e. The fraction of sp³-hybridized carbons (Fsp3) is 0.429. The van der Waals surface area contributed by atoms with Gasteiger partial charge in [0, 0.05) is 23.0 Å². The van der Waals surface area contributed by atoms with Crippen LogP contribution in [0, 0.1) is 0 Å². The number of aromatic nitrogens is 2. The van der Waals surface area contributed by atoms with E-state index < -0.39 is 0 Å². The summed E-state index contributed by atoms with van der Waals surface area (Å²) in [6.45, 7) is 2.07. The Morgan fingerprint density at radius 3 is 2.95 bits per heavy atom. The molecule has 6 heteroatoms. The number of methoxy groups -OCH3 is 1. The van der Waals surface area contributed by atoms with Gasteiger partial charge in [0.2, 0.25) is 5.89 Å². The Bertz CT molecular complexity index is 571. The lowest BCUT2D eigenvalue weighted by Gasteiger charge is -2.06. The normalized spacial score (nSPS) is 12.4. The van der Waals surface area contributed by atoms with Crippen molar-refractivity contribution in [3.05, 3.63) is 40.5 Å². The minimum Gasteiger partial charge on any atom is -0.496 e. The maximum absolute atomic E-state index is 6.00. The highest BCUT2D eigenvalue weighted by molar-refractivity contribution is 6.30. The zero-order chi connectivity index (χ0) is 14.5. The molecule has 1 unspecified atom stereocenters. The van der Waals surface area contributed by atoms with E-state index >= 15 is 0 Å². The molecular weight excluding hydrogens is 278 g/mol. The molecule has 2 rings (SSSR count). The number of halogens is 1. The third kappa shape index (κ3) is 3.71. The average Bonchev–Trinajstić information content (AvgIpc) is 2.86. The molecule has 0 amide bonds. The molecular formula is C14H18ClN3O2. The van der Waals surface area contributed by atoms with E-state index in [0.29, 0.717) is 29.2 Å². The van der Waals surface area contributed by atoms with Gasteiger partial charge in [0.1, 0.15) is 5.75 Å². The first kappa shape index (κ1) is 14.8. The molecule has 1 N–H and O–H groups in total. The Morgan fingerprint density at radius 1 is 1.45 bits per heavy atom. The molecule has 1 heterocycles. The van der Waals surface area contributed by atoms with E-state index in [9.17, 15) is 0 Å². The molecule has 108 valence electrons. The molecule has 0 aliphatic rings. The third-order valence-electron chi connectivity index (χ3n) is 3.08. The first-order valence-corrected chi connectivity index (χ1v) is 6.81. The van der Waals surface area contributed by atoms with E-state index in [2.05, 4.69) is 22.4 Å². The molecule has 2 aromatic rings. The monoisotopic (exact) mass is 295 g/mol. The van der Waals surface area contributed by atoms with Crippen molar-refractivity contribution in [2.24, 2.45) is 0 Å². The molecule has 20 heavy (non-hydrogen) atoms. The Kier molecular flexibility index (Phi) is 4.98. The second-order valence-electron chi connectivity index (χ2n) is 4.63. The van der Waals surface area contributed by atoms with Crippen LogP contribution in [0.3, 0.4) is 0 Å². The lowest BCUT2D eigenvalue weighted by Crippen LogP contribution is -2.24. The Balaban J connectivity index is 2.12. The van der Waals surface area contributed by atoms with Crippen molar-refractivity contribution in [2.75, 3.05) is 14.2 Å². The quantitative estimate of drug-likeness (QED) is 0.887. The number of nitrogens with zero attached hydrogens (tertiary/aromatic N) is 2. The SMILES string of the molecule is CNC(C)Cc1noc(Cc2cc(Cl)ccc2OC)n1. The summed E-state index contributed by atoms with van der Waals surface area (Å²) in [5.41, 5.74) is 0.928. The third-order valence-corrected chi connectivity index (χ3v) is 3.31. The maximum atomic E-state index is 6.00. The number of nitrogens with one attached hydrogen (secondary N) is 1. The zero-order valence-electron chi connectivity index (χ0n) is 11.8. The summed E-state index contributed by atoms with van der Waals surface area (Å²) in [5, 5.41) is 7.77. The van der Waals surface area contributed by atoms with Crippen LogP contribution in [0.25, 0.3) is 0 Å². The van der Waals surface area contributed by atoms with Crippen LogP contribution in [0.2, 0.25) is 5.02 Å². The number of likely N-dealkylation sites (N-methyl/N-ethyl adjacent to an activating group) is 1. The molecule has 0 bridgehead atoms. The summed E-state index contributed by atoms with van der Waals surface area (Å²) in [6, 6.07) is 5.78. The van der Waals surface area contributed by atoms with Crippen molar-refractivity contribution >= 4 is 11.6 Å². The first-order valence-electron chi connectivity index (χ1n) is 6.43. The standard InChI is InChI=1S/C14H18ClN3O2/c1-9(16-2)6-13-17-14(20-18-13)8-10-7-11(15)4-5-12(10)19-3/h4-5,7,9,16H,6,8H2,1-3H3. The Labute approximate surface area is 123 Å². The summed E-state index contributed by atoms with van der Waals surface area (Å²) in [7, 11) is 3.53. The summed E-state index contributed by atoms with van der Waals surface area (Å²) in [6.07, 6.45) is 1.23. The molecule has 1 aromatic heterocycles. The topological polar surface area (TPSA) is 60.2 Å². The molecule has 5 nitrogen and oxygen atoms in total. The number of rotatable bonds is 6.